The lowest BCUT2D eigenvalue weighted by molar-refractivity contribution is 0.143. The van der Waals surface area contributed by atoms with E-state index in [0.29, 0.717) is 6.04 Å². The highest BCUT2D eigenvalue weighted by atomic mass is 15.3. The Hall–Kier alpha value is -0.900. The third-order valence-corrected chi connectivity index (χ3v) is 4.19. The number of benzene rings is 1. The Labute approximate surface area is 117 Å². The Morgan fingerprint density at radius 1 is 1.16 bits per heavy atom. The lowest BCUT2D eigenvalue weighted by Crippen LogP contribution is -2.47. The Bertz CT molecular complexity index is 408. The van der Waals surface area contributed by atoms with E-state index in [2.05, 4.69) is 61.3 Å². The van der Waals surface area contributed by atoms with Crippen LogP contribution in [0, 0.1) is 13.8 Å². The van der Waals surface area contributed by atoms with E-state index in [-0.39, 0.29) is 0 Å². The fourth-order valence-corrected chi connectivity index (χ4v) is 2.85. The van der Waals surface area contributed by atoms with Gasteiger partial charge in [0, 0.05) is 38.8 Å². The summed E-state index contributed by atoms with van der Waals surface area (Å²) in [5, 5.41) is 3.48. The lowest BCUT2D eigenvalue weighted by Gasteiger charge is -2.35. The van der Waals surface area contributed by atoms with Crippen molar-refractivity contribution in [3.05, 3.63) is 34.9 Å². The minimum absolute atomic E-state index is 0.434. The van der Waals surface area contributed by atoms with Gasteiger partial charge in [0.2, 0.25) is 0 Å². The van der Waals surface area contributed by atoms with Gasteiger partial charge in [0.25, 0.3) is 0 Å². The number of rotatable bonds is 4. The standard InChI is InChI=1S/C16H27N3/c1-13-5-6-15(14(2)11-13)16(17-3)12-19-9-7-18(4)8-10-19/h5-6,11,16-17H,7-10,12H2,1-4H3. The van der Waals surface area contributed by atoms with Crippen molar-refractivity contribution < 1.29 is 0 Å². The van der Waals surface area contributed by atoms with Crippen molar-refractivity contribution in [2.75, 3.05) is 46.8 Å². The smallest absolute Gasteiger partial charge is 0.0449 e. The van der Waals surface area contributed by atoms with E-state index < -0.39 is 0 Å². The minimum atomic E-state index is 0.434. The molecule has 1 unspecified atom stereocenters. The first-order chi connectivity index (χ1) is 9.10. The molecule has 1 heterocycles. The van der Waals surface area contributed by atoms with Crippen molar-refractivity contribution in [2.24, 2.45) is 0 Å². The highest BCUT2D eigenvalue weighted by Gasteiger charge is 2.19. The molecule has 0 radical (unpaired) electrons. The molecule has 1 saturated heterocycles. The SMILES string of the molecule is CNC(CN1CCN(C)CC1)c1ccc(C)cc1C. The molecule has 0 saturated carbocycles. The Kier molecular flexibility index (Phi) is 4.97. The molecule has 0 amide bonds. The first-order valence-electron chi connectivity index (χ1n) is 7.25. The van der Waals surface area contributed by atoms with Crippen LogP contribution in [-0.2, 0) is 0 Å². The van der Waals surface area contributed by atoms with Gasteiger partial charge in [-0.1, -0.05) is 23.8 Å². The van der Waals surface area contributed by atoms with Crippen LogP contribution >= 0.6 is 0 Å². The molecule has 1 N–H and O–H groups in total. The van der Waals surface area contributed by atoms with Crippen LogP contribution in [0.5, 0.6) is 0 Å². The number of piperazine rings is 1. The summed E-state index contributed by atoms with van der Waals surface area (Å²) < 4.78 is 0. The normalized spacial score (nSPS) is 19.6. The second kappa shape index (κ2) is 6.51. The number of hydrogen-bond donors (Lipinski definition) is 1. The van der Waals surface area contributed by atoms with E-state index in [9.17, 15) is 0 Å². The van der Waals surface area contributed by atoms with E-state index in [1.165, 1.54) is 42.9 Å². The summed E-state index contributed by atoms with van der Waals surface area (Å²) >= 11 is 0. The van der Waals surface area contributed by atoms with Gasteiger partial charge < -0.3 is 10.2 Å². The average Bonchev–Trinajstić information content (AvgIpc) is 2.39. The van der Waals surface area contributed by atoms with Crippen LogP contribution in [0.3, 0.4) is 0 Å². The molecule has 1 fully saturated rings. The van der Waals surface area contributed by atoms with Crippen molar-refractivity contribution >= 4 is 0 Å². The molecule has 1 aliphatic heterocycles. The minimum Gasteiger partial charge on any atom is -0.312 e. The zero-order chi connectivity index (χ0) is 13.8. The van der Waals surface area contributed by atoms with Crippen LogP contribution < -0.4 is 5.32 Å². The molecule has 1 aromatic carbocycles. The van der Waals surface area contributed by atoms with E-state index in [4.69, 9.17) is 0 Å². The second-order valence-corrected chi connectivity index (χ2v) is 5.81. The van der Waals surface area contributed by atoms with Crippen LogP contribution in [0.1, 0.15) is 22.7 Å². The summed E-state index contributed by atoms with van der Waals surface area (Å²) in [6.07, 6.45) is 0. The molecule has 0 aromatic heterocycles. The highest BCUT2D eigenvalue weighted by Crippen LogP contribution is 2.20. The van der Waals surface area contributed by atoms with Crippen molar-refractivity contribution in [1.29, 1.82) is 0 Å². The molecule has 0 bridgehead atoms. The number of nitrogens with one attached hydrogen (secondary N) is 1. The largest absolute Gasteiger partial charge is 0.312 e. The summed E-state index contributed by atoms with van der Waals surface area (Å²) in [5.74, 6) is 0. The summed E-state index contributed by atoms with van der Waals surface area (Å²) in [7, 11) is 4.27. The van der Waals surface area contributed by atoms with Crippen molar-refractivity contribution in [3.63, 3.8) is 0 Å². The molecule has 0 aliphatic carbocycles. The van der Waals surface area contributed by atoms with Gasteiger partial charge in [-0.25, -0.2) is 0 Å². The van der Waals surface area contributed by atoms with Gasteiger partial charge in [-0.05, 0) is 39.1 Å². The van der Waals surface area contributed by atoms with Gasteiger partial charge in [-0.15, -0.1) is 0 Å². The average molecular weight is 261 g/mol. The third-order valence-electron chi connectivity index (χ3n) is 4.19. The monoisotopic (exact) mass is 261 g/mol. The van der Waals surface area contributed by atoms with Gasteiger partial charge in [0.15, 0.2) is 0 Å². The maximum absolute atomic E-state index is 3.48. The van der Waals surface area contributed by atoms with Gasteiger partial charge in [-0.3, -0.25) is 4.90 Å². The third kappa shape index (κ3) is 3.78. The molecule has 3 heteroatoms. The Morgan fingerprint density at radius 2 is 1.84 bits per heavy atom. The van der Waals surface area contributed by atoms with Crippen LogP contribution in [0.4, 0.5) is 0 Å². The summed E-state index contributed by atoms with van der Waals surface area (Å²) in [4.78, 5) is 4.97. The van der Waals surface area contributed by atoms with Crippen molar-refractivity contribution in [2.45, 2.75) is 19.9 Å². The zero-order valence-corrected chi connectivity index (χ0v) is 12.7. The number of aryl methyl sites for hydroxylation is 2. The molecule has 1 atom stereocenters. The first kappa shape index (κ1) is 14.5. The molecule has 1 aromatic rings. The summed E-state index contributed by atoms with van der Waals surface area (Å²) in [6, 6.07) is 7.21. The van der Waals surface area contributed by atoms with Crippen LogP contribution in [0.15, 0.2) is 18.2 Å². The Balaban J connectivity index is 2.03. The van der Waals surface area contributed by atoms with Crippen molar-refractivity contribution in [3.8, 4) is 0 Å². The van der Waals surface area contributed by atoms with E-state index in [1.807, 2.05) is 0 Å². The van der Waals surface area contributed by atoms with Crippen LogP contribution in [0.2, 0.25) is 0 Å². The maximum Gasteiger partial charge on any atom is 0.0449 e. The van der Waals surface area contributed by atoms with Crippen LogP contribution in [0.25, 0.3) is 0 Å². The summed E-state index contributed by atoms with van der Waals surface area (Å²) in [5.41, 5.74) is 4.18. The van der Waals surface area contributed by atoms with E-state index >= 15 is 0 Å². The molecular weight excluding hydrogens is 234 g/mol. The van der Waals surface area contributed by atoms with Gasteiger partial charge in [0.1, 0.15) is 0 Å². The second-order valence-electron chi connectivity index (χ2n) is 5.81. The Morgan fingerprint density at radius 3 is 2.42 bits per heavy atom. The number of hydrogen-bond acceptors (Lipinski definition) is 3. The number of likely N-dealkylation sites (N-methyl/N-ethyl adjacent to an activating group) is 2. The van der Waals surface area contributed by atoms with Crippen LogP contribution in [-0.4, -0.2) is 56.6 Å². The molecular formula is C16H27N3. The quantitative estimate of drug-likeness (QED) is 0.892. The van der Waals surface area contributed by atoms with Gasteiger partial charge in [-0.2, -0.15) is 0 Å². The van der Waals surface area contributed by atoms with Crippen molar-refractivity contribution in [1.82, 2.24) is 15.1 Å². The fourth-order valence-electron chi connectivity index (χ4n) is 2.85. The molecule has 19 heavy (non-hydrogen) atoms. The van der Waals surface area contributed by atoms with E-state index in [1.54, 1.807) is 0 Å². The number of nitrogens with zero attached hydrogens (tertiary/aromatic N) is 2. The van der Waals surface area contributed by atoms with E-state index in [0.717, 1.165) is 6.54 Å². The molecule has 106 valence electrons. The predicted octanol–water partition coefficient (Wildman–Crippen LogP) is 1.81. The molecule has 1 aliphatic rings. The topological polar surface area (TPSA) is 18.5 Å². The fraction of sp³-hybridized carbons (Fsp3) is 0.625. The molecule has 3 nitrogen and oxygen atoms in total. The first-order valence-corrected chi connectivity index (χ1v) is 7.25. The maximum atomic E-state index is 3.48. The highest BCUT2D eigenvalue weighted by molar-refractivity contribution is 5.33. The zero-order valence-electron chi connectivity index (χ0n) is 12.7. The summed E-state index contributed by atoms with van der Waals surface area (Å²) in [6.45, 7) is 10.2. The molecule has 2 rings (SSSR count). The predicted molar refractivity (Wildman–Crippen MR) is 81.7 cm³/mol. The molecule has 0 spiro atoms. The van der Waals surface area contributed by atoms with Gasteiger partial charge >= 0.3 is 0 Å². The van der Waals surface area contributed by atoms with Gasteiger partial charge in [0.05, 0.1) is 0 Å². The lowest BCUT2D eigenvalue weighted by atomic mass is 9.98.